The van der Waals surface area contributed by atoms with Crippen LogP contribution in [-0.2, 0) is 0 Å². The summed E-state index contributed by atoms with van der Waals surface area (Å²) in [4.78, 5) is 2.59. The molecule has 2 aliphatic rings. The molecule has 1 saturated heterocycles. The molecule has 1 aliphatic carbocycles. The molecule has 0 aromatic carbocycles. The molecule has 1 aliphatic heterocycles. The highest BCUT2D eigenvalue weighted by atomic mass is 15.3. The summed E-state index contributed by atoms with van der Waals surface area (Å²) in [6, 6.07) is 4.20. The van der Waals surface area contributed by atoms with Crippen molar-refractivity contribution in [3.8, 4) is 6.07 Å². The monoisotopic (exact) mass is 193 g/mol. The zero-order valence-corrected chi connectivity index (χ0v) is 8.87. The lowest BCUT2D eigenvalue weighted by Gasteiger charge is -2.33. The molecule has 0 aromatic rings. The maximum Gasteiger partial charge on any atom is 0.0638 e. The number of hydrogen-bond acceptors (Lipinski definition) is 3. The van der Waals surface area contributed by atoms with E-state index >= 15 is 0 Å². The Morgan fingerprint density at radius 2 is 2.21 bits per heavy atom. The summed E-state index contributed by atoms with van der Waals surface area (Å²) in [5.41, 5.74) is 0. The smallest absolute Gasteiger partial charge is 0.0638 e. The van der Waals surface area contributed by atoms with Crippen LogP contribution < -0.4 is 5.32 Å². The summed E-state index contributed by atoms with van der Waals surface area (Å²) in [6.45, 7) is 4.40. The first-order valence-electron chi connectivity index (χ1n) is 5.68. The van der Waals surface area contributed by atoms with Crippen molar-refractivity contribution in [3.63, 3.8) is 0 Å². The minimum atomic E-state index is 0.449. The summed E-state index contributed by atoms with van der Waals surface area (Å²) in [7, 11) is 0. The molecule has 1 N–H and O–H groups in total. The molecular weight excluding hydrogens is 174 g/mol. The second kappa shape index (κ2) is 4.29. The number of rotatable bonds is 2. The highest BCUT2D eigenvalue weighted by Gasteiger charge is 2.37. The lowest BCUT2D eigenvalue weighted by molar-refractivity contribution is 0.145. The average molecular weight is 193 g/mol. The molecule has 78 valence electrons. The van der Waals surface area contributed by atoms with E-state index in [2.05, 4.69) is 23.2 Å². The van der Waals surface area contributed by atoms with Gasteiger partial charge in [-0.25, -0.2) is 0 Å². The molecule has 0 amide bonds. The van der Waals surface area contributed by atoms with Gasteiger partial charge in [-0.1, -0.05) is 0 Å². The van der Waals surface area contributed by atoms with Gasteiger partial charge in [0.25, 0.3) is 0 Å². The van der Waals surface area contributed by atoms with Gasteiger partial charge >= 0.3 is 0 Å². The second-order valence-electron chi connectivity index (χ2n) is 4.54. The molecular formula is C11H19N3. The molecule has 1 saturated carbocycles. The van der Waals surface area contributed by atoms with Crippen molar-refractivity contribution in [1.82, 2.24) is 10.2 Å². The van der Waals surface area contributed by atoms with Crippen LogP contribution in [0.2, 0.25) is 0 Å². The molecule has 1 heterocycles. The summed E-state index contributed by atoms with van der Waals surface area (Å²) in [5.74, 6) is 0. The summed E-state index contributed by atoms with van der Waals surface area (Å²) < 4.78 is 0. The Morgan fingerprint density at radius 3 is 2.86 bits per heavy atom. The average Bonchev–Trinajstić information content (AvgIpc) is 2.94. The molecule has 0 spiro atoms. The van der Waals surface area contributed by atoms with Crippen LogP contribution in [0.15, 0.2) is 0 Å². The standard InChI is InChI=1S/C11H19N3/c1-9-5-7-13-8-11(4-6-12)14(9)10-2-3-10/h9-11,13H,2-5,7-8H2,1H3. The van der Waals surface area contributed by atoms with Gasteiger partial charge in [-0.05, 0) is 32.7 Å². The lowest BCUT2D eigenvalue weighted by atomic mass is 10.1. The summed E-state index contributed by atoms with van der Waals surface area (Å²) in [6.07, 6.45) is 4.57. The molecule has 14 heavy (non-hydrogen) atoms. The Morgan fingerprint density at radius 1 is 1.43 bits per heavy atom. The first-order chi connectivity index (χ1) is 6.83. The van der Waals surface area contributed by atoms with Crippen LogP contribution in [0, 0.1) is 11.3 Å². The Balaban J connectivity index is 2.05. The fraction of sp³-hybridized carbons (Fsp3) is 0.909. The topological polar surface area (TPSA) is 39.1 Å². The van der Waals surface area contributed by atoms with Crippen LogP contribution in [0.5, 0.6) is 0 Å². The lowest BCUT2D eigenvalue weighted by Crippen LogP contribution is -2.44. The maximum atomic E-state index is 8.81. The molecule has 0 aromatic heterocycles. The summed E-state index contributed by atoms with van der Waals surface area (Å²) in [5, 5.41) is 12.2. The minimum absolute atomic E-state index is 0.449. The van der Waals surface area contributed by atoms with Gasteiger partial charge < -0.3 is 5.32 Å². The van der Waals surface area contributed by atoms with Gasteiger partial charge in [0.05, 0.1) is 12.5 Å². The van der Waals surface area contributed by atoms with Crippen molar-refractivity contribution in [2.24, 2.45) is 0 Å². The molecule has 3 nitrogen and oxygen atoms in total. The van der Waals surface area contributed by atoms with Gasteiger partial charge in [-0.2, -0.15) is 5.26 Å². The van der Waals surface area contributed by atoms with E-state index in [9.17, 15) is 0 Å². The fourth-order valence-electron chi connectivity index (χ4n) is 2.51. The van der Waals surface area contributed by atoms with Gasteiger partial charge in [-0.15, -0.1) is 0 Å². The zero-order chi connectivity index (χ0) is 9.97. The van der Waals surface area contributed by atoms with Crippen LogP contribution in [0.4, 0.5) is 0 Å². The molecule has 2 rings (SSSR count). The number of nitrogens with zero attached hydrogens (tertiary/aromatic N) is 2. The number of nitriles is 1. The molecule has 2 fully saturated rings. The van der Waals surface area contributed by atoms with Crippen molar-refractivity contribution in [3.05, 3.63) is 0 Å². The molecule has 2 unspecified atom stereocenters. The van der Waals surface area contributed by atoms with Crippen molar-refractivity contribution >= 4 is 0 Å². The van der Waals surface area contributed by atoms with E-state index in [-0.39, 0.29) is 0 Å². The highest BCUT2D eigenvalue weighted by Crippen LogP contribution is 2.32. The van der Waals surface area contributed by atoms with E-state index in [1.165, 1.54) is 19.3 Å². The number of nitrogens with one attached hydrogen (secondary N) is 1. The SMILES string of the molecule is CC1CCNCC(CC#N)N1C1CC1. The van der Waals surface area contributed by atoms with Gasteiger partial charge in [0.1, 0.15) is 0 Å². The predicted octanol–water partition coefficient (Wildman–Crippen LogP) is 1.11. The highest BCUT2D eigenvalue weighted by molar-refractivity contribution is 4.96. The fourth-order valence-corrected chi connectivity index (χ4v) is 2.51. The quantitative estimate of drug-likeness (QED) is 0.714. The number of hydrogen-bond donors (Lipinski definition) is 1. The Hall–Kier alpha value is -0.590. The van der Waals surface area contributed by atoms with Crippen molar-refractivity contribution in [2.45, 2.75) is 50.7 Å². The van der Waals surface area contributed by atoms with Gasteiger partial charge in [-0.3, -0.25) is 4.90 Å². The maximum absolute atomic E-state index is 8.81. The van der Waals surface area contributed by atoms with Crippen LogP contribution >= 0.6 is 0 Å². The Labute approximate surface area is 86.1 Å². The third-order valence-corrected chi connectivity index (χ3v) is 3.34. The summed E-state index contributed by atoms with van der Waals surface area (Å²) >= 11 is 0. The van der Waals surface area contributed by atoms with E-state index in [4.69, 9.17) is 5.26 Å². The van der Waals surface area contributed by atoms with Crippen LogP contribution in [0.3, 0.4) is 0 Å². The third-order valence-electron chi connectivity index (χ3n) is 3.34. The third kappa shape index (κ3) is 2.08. The normalized spacial score (nSPS) is 34.9. The Bertz CT molecular complexity index is 229. The minimum Gasteiger partial charge on any atom is -0.315 e. The Kier molecular flexibility index (Phi) is 3.05. The van der Waals surface area contributed by atoms with E-state index in [1.807, 2.05) is 0 Å². The van der Waals surface area contributed by atoms with E-state index in [1.54, 1.807) is 0 Å². The molecule has 3 heteroatoms. The van der Waals surface area contributed by atoms with Gasteiger partial charge in [0.15, 0.2) is 0 Å². The van der Waals surface area contributed by atoms with Gasteiger partial charge in [0.2, 0.25) is 0 Å². The second-order valence-corrected chi connectivity index (χ2v) is 4.54. The predicted molar refractivity (Wildman–Crippen MR) is 55.8 cm³/mol. The van der Waals surface area contributed by atoms with Crippen molar-refractivity contribution in [1.29, 1.82) is 5.26 Å². The first kappa shape index (κ1) is 9.95. The van der Waals surface area contributed by atoms with Crippen molar-refractivity contribution < 1.29 is 0 Å². The largest absolute Gasteiger partial charge is 0.315 e. The molecule has 0 bridgehead atoms. The van der Waals surface area contributed by atoms with E-state index in [0.717, 1.165) is 19.1 Å². The zero-order valence-electron chi connectivity index (χ0n) is 8.87. The molecule has 0 radical (unpaired) electrons. The first-order valence-corrected chi connectivity index (χ1v) is 5.68. The van der Waals surface area contributed by atoms with Crippen LogP contribution in [0.25, 0.3) is 0 Å². The van der Waals surface area contributed by atoms with E-state index < -0.39 is 0 Å². The van der Waals surface area contributed by atoms with Gasteiger partial charge in [0, 0.05) is 24.7 Å². The molecule has 2 atom stereocenters. The van der Waals surface area contributed by atoms with E-state index in [0.29, 0.717) is 18.5 Å². The van der Waals surface area contributed by atoms with Crippen LogP contribution in [0.1, 0.15) is 32.6 Å². The van der Waals surface area contributed by atoms with Crippen molar-refractivity contribution in [2.75, 3.05) is 13.1 Å². The van der Waals surface area contributed by atoms with Crippen LogP contribution in [-0.4, -0.2) is 36.1 Å².